The van der Waals surface area contributed by atoms with Crippen LogP contribution in [-0.2, 0) is 0 Å². The van der Waals surface area contributed by atoms with Crippen LogP contribution in [0.3, 0.4) is 0 Å². The number of phenols is 1. The first-order valence-electron chi connectivity index (χ1n) is 7.85. The molecule has 0 unspecified atom stereocenters. The van der Waals surface area contributed by atoms with E-state index in [9.17, 15) is 5.11 Å². The molecule has 0 atom stereocenters. The summed E-state index contributed by atoms with van der Waals surface area (Å²) < 4.78 is 11.5. The van der Waals surface area contributed by atoms with Crippen LogP contribution in [0, 0.1) is 0 Å². The zero-order chi connectivity index (χ0) is 15.9. The van der Waals surface area contributed by atoms with Gasteiger partial charge in [0.25, 0.3) is 0 Å². The first kappa shape index (κ1) is 15.2. The van der Waals surface area contributed by atoms with Gasteiger partial charge in [-0.05, 0) is 48.6 Å². The van der Waals surface area contributed by atoms with Crippen molar-refractivity contribution in [1.82, 2.24) is 0 Å². The highest BCUT2D eigenvalue weighted by Gasteiger charge is 2.01. The molecule has 0 heterocycles. The molecule has 0 saturated carbocycles. The minimum atomic E-state index is 0.251. The SMILES string of the molecule is Oc1ccc(OCCCCOc2cccc3ccccc23)cc1. The molecule has 0 aliphatic rings. The van der Waals surface area contributed by atoms with Crippen LogP contribution in [0.2, 0.25) is 0 Å². The molecule has 0 fully saturated rings. The van der Waals surface area contributed by atoms with Crippen molar-refractivity contribution in [2.75, 3.05) is 13.2 Å². The van der Waals surface area contributed by atoms with Gasteiger partial charge in [-0.25, -0.2) is 0 Å². The van der Waals surface area contributed by atoms with Crippen LogP contribution in [0.4, 0.5) is 0 Å². The summed E-state index contributed by atoms with van der Waals surface area (Å²) in [5.74, 6) is 1.96. The minimum Gasteiger partial charge on any atom is -0.508 e. The molecule has 0 bridgehead atoms. The van der Waals surface area contributed by atoms with Crippen LogP contribution in [0.15, 0.2) is 66.7 Å². The summed E-state index contributed by atoms with van der Waals surface area (Å²) in [5.41, 5.74) is 0. The van der Waals surface area contributed by atoms with E-state index < -0.39 is 0 Å². The fourth-order valence-corrected chi connectivity index (χ4v) is 2.44. The molecule has 0 radical (unpaired) electrons. The van der Waals surface area contributed by atoms with Gasteiger partial charge in [0.15, 0.2) is 0 Å². The molecule has 3 heteroatoms. The van der Waals surface area contributed by atoms with Crippen molar-refractivity contribution in [2.45, 2.75) is 12.8 Å². The molecule has 0 spiro atoms. The minimum absolute atomic E-state index is 0.251. The number of rotatable bonds is 7. The number of fused-ring (bicyclic) bond motifs is 1. The first-order valence-corrected chi connectivity index (χ1v) is 7.85. The average molecular weight is 308 g/mol. The number of unbranched alkanes of at least 4 members (excludes halogenated alkanes) is 1. The van der Waals surface area contributed by atoms with Crippen LogP contribution in [0.1, 0.15) is 12.8 Å². The maximum Gasteiger partial charge on any atom is 0.127 e. The smallest absolute Gasteiger partial charge is 0.127 e. The summed E-state index contributed by atoms with van der Waals surface area (Å²) in [6.07, 6.45) is 1.85. The Labute approximate surface area is 136 Å². The van der Waals surface area contributed by atoms with E-state index in [1.165, 1.54) is 5.39 Å². The van der Waals surface area contributed by atoms with Gasteiger partial charge < -0.3 is 14.6 Å². The summed E-state index contributed by atoms with van der Waals surface area (Å²) in [5, 5.41) is 11.6. The van der Waals surface area contributed by atoms with Crippen LogP contribution in [-0.4, -0.2) is 18.3 Å². The van der Waals surface area contributed by atoms with E-state index in [0.29, 0.717) is 13.2 Å². The molecule has 3 aromatic rings. The lowest BCUT2D eigenvalue weighted by Gasteiger charge is -2.10. The van der Waals surface area contributed by atoms with Gasteiger partial charge in [-0.3, -0.25) is 0 Å². The van der Waals surface area contributed by atoms with Crippen molar-refractivity contribution in [3.8, 4) is 17.2 Å². The highest BCUT2D eigenvalue weighted by Crippen LogP contribution is 2.25. The Balaban J connectivity index is 1.42. The van der Waals surface area contributed by atoms with E-state index in [2.05, 4.69) is 18.2 Å². The Morgan fingerprint density at radius 3 is 2.22 bits per heavy atom. The van der Waals surface area contributed by atoms with E-state index in [0.717, 1.165) is 29.7 Å². The van der Waals surface area contributed by atoms with Gasteiger partial charge in [0.1, 0.15) is 17.2 Å². The van der Waals surface area contributed by atoms with E-state index in [-0.39, 0.29) is 5.75 Å². The summed E-state index contributed by atoms with van der Waals surface area (Å²) in [6, 6.07) is 21.1. The largest absolute Gasteiger partial charge is 0.508 e. The van der Waals surface area contributed by atoms with E-state index >= 15 is 0 Å². The third kappa shape index (κ3) is 4.16. The number of benzene rings is 3. The molecule has 0 aliphatic carbocycles. The number of phenolic OH excluding ortho intramolecular Hbond substituents is 1. The molecule has 3 nitrogen and oxygen atoms in total. The van der Waals surface area contributed by atoms with Crippen LogP contribution in [0.5, 0.6) is 17.2 Å². The van der Waals surface area contributed by atoms with Gasteiger partial charge in [-0.15, -0.1) is 0 Å². The lowest BCUT2D eigenvalue weighted by Crippen LogP contribution is -2.02. The van der Waals surface area contributed by atoms with Gasteiger partial charge >= 0.3 is 0 Å². The maximum absolute atomic E-state index is 9.21. The van der Waals surface area contributed by atoms with Gasteiger partial charge in [-0.1, -0.05) is 36.4 Å². The number of ether oxygens (including phenoxy) is 2. The van der Waals surface area contributed by atoms with Gasteiger partial charge in [0.2, 0.25) is 0 Å². The summed E-state index contributed by atoms with van der Waals surface area (Å²) >= 11 is 0. The molecule has 118 valence electrons. The third-order valence-corrected chi connectivity index (χ3v) is 3.65. The van der Waals surface area contributed by atoms with E-state index in [4.69, 9.17) is 9.47 Å². The van der Waals surface area contributed by atoms with Gasteiger partial charge in [0.05, 0.1) is 13.2 Å². The molecule has 1 N–H and O–H groups in total. The number of hydrogen-bond donors (Lipinski definition) is 1. The van der Waals surface area contributed by atoms with Crippen LogP contribution < -0.4 is 9.47 Å². The fraction of sp³-hybridized carbons (Fsp3) is 0.200. The Morgan fingerprint density at radius 2 is 1.39 bits per heavy atom. The Bertz CT molecular complexity index is 745. The van der Waals surface area contributed by atoms with Crippen molar-refractivity contribution in [1.29, 1.82) is 0 Å². The summed E-state index contributed by atoms with van der Waals surface area (Å²) in [6.45, 7) is 1.32. The second kappa shape index (κ2) is 7.54. The van der Waals surface area contributed by atoms with Crippen molar-refractivity contribution in [2.24, 2.45) is 0 Å². The molecule has 23 heavy (non-hydrogen) atoms. The lowest BCUT2D eigenvalue weighted by atomic mass is 10.1. The van der Waals surface area contributed by atoms with Crippen molar-refractivity contribution in [3.63, 3.8) is 0 Å². The van der Waals surface area contributed by atoms with Gasteiger partial charge in [0, 0.05) is 5.39 Å². The third-order valence-electron chi connectivity index (χ3n) is 3.65. The Morgan fingerprint density at radius 1 is 0.696 bits per heavy atom. The quantitative estimate of drug-likeness (QED) is 0.638. The molecular weight excluding hydrogens is 288 g/mol. The van der Waals surface area contributed by atoms with Crippen LogP contribution >= 0.6 is 0 Å². The molecule has 3 rings (SSSR count). The second-order valence-corrected chi connectivity index (χ2v) is 5.38. The fourth-order valence-electron chi connectivity index (χ4n) is 2.44. The van der Waals surface area contributed by atoms with Crippen molar-refractivity contribution < 1.29 is 14.6 Å². The molecule has 3 aromatic carbocycles. The zero-order valence-corrected chi connectivity index (χ0v) is 12.9. The standard InChI is InChI=1S/C20H20O3/c21-17-10-12-18(13-11-17)22-14-3-4-15-23-20-9-5-7-16-6-1-2-8-19(16)20/h1-2,5-13,21H,3-4,14-15H2. The Kier molecular flexibility index (Phi) is 4.99. The predicted molar refractivity (Wildman–Crippen MR) is 92.3 cm³/mol. The Hall–Kier alpha value is -2.68. The molecule has 0 aliphatic heterocycles. The molecular formula is C20H20O3. The van der Waals surface area contributed by atoms with E-state index in [1.807, 2.05) is 24.3 Å². The van der Waals surface area contributed by atoms with Crippen molar-refractivity contribution in [3.05, 3.63) is 66.7 Å². The topological polar surface area (TPSA) is 38.7 Å². The van der Waals surface area contributed by atoms with Crippen molar-refractivity contribution >= 4 is 10.8 Å². The summed E-state index contributed by atoms with van der Waals surface area (Å²) in [7, 11) is 0. The predicted octanol–water partition coefficient (Wildman–Crippen LogP) is 4.78. The van der Waals surface area contributed by atoms with Crippen LogP contribution in [0.25, 0.3) is 10.8 Å². The number of hydrogen-bond acceptors (Lipinski definition) is 3. The van der Waals surface area contributed by atoms with Gasteiger partial charge in [-0.2, -0.15) is 0 Å². The second-order valence-electron chi connectivity index (χ2n) is 5.38. The lowest BCUT2D eigenvalue weighted by molar-refractivity contribution is 0.268. The maximum atomic E-state index is 9.21. The molecule has 0 saturated heterocycles. The zero-order valence-electron chi connectivity index (χ0n) is 12.9. The molecule has 0 amide bonds. The average Bonchev–Trinajstić information content (AvgIpc) is 2.59. The number of aromatic hydroxyl groups is 1. The highest BCUT2D eigenvalue weighted by atomic mass is 16.5. The monoisotopic (exact) mass is 308 g/mol. The normalized spacial score (nSPS) is 10.6. The highest BCUT2D eigenvalue weighted by molar-refractivity contribution is 5.88. The summed E-state index contributed by atoms with van der Waals surface area (Å²) in [4.78, 5) is 0. The molecule has 0 aromatic heterocycles. The first-order chi connectivity index (χ1) is 11.3. The van der Waals surface area contributed by atoms with E-state index in [1.54, 1.807) is 24.3 Å².